The summed E-state index contributed by atoms with van der Waals surface area (Å²) in [6.07, 6.45) is 28.0. The number of nitrogens with zero attached hydrogens (tertiary/aromatic N) is 2. The number of oxazole rings is 2. The van der Waals surface area contributed by atoms with E-state index in [1.807, 2.05) is 0 Å². The van der Waals surface area contributed by atoms with Crippen molar-refractivity contribution in [2.24, 2.45) is 0 Å². The number of hydrogen-bond acceptors (Lipinski definition) is 5. The maximum atomic E-state index is 6.97. The first-order valence-electron chi connectivity index (χ1n) is 23.0. The third-order valence-corrected chi connectivity index (χ3v) is 12.9. The summed E-state index contributed by atoms with van der Waals surface area (Å²) in [7, 11) is 0. The number of hydrogen-bond donors (Lipinski definition) is 0. The Morgan fingerprint density at radius 3 is 0.909 bits per heavy atom. The lowest BCUT2D eigenvalue weighted by Gasteiger charge is -2.20. The van der Waals surface area contributed by atoms with E-state index < -0.39 is 0 Å². The summed E-state index contributed by atoms with van der Waals surface area (Å²) in [5.74, 6) is 1.51. The highest BCUT2D eigenvalue weighted by atomic mass is 32.1. The molecule has 0 radical (unpaired) electrons. The van der Waals surface area contributed by atoms with Crippen LogP contribution >= 0.6 is 11.3 Å². The Bertz CT molecular complexity index is 1670. The molecule has 0 atom stereocenters. The molecule has 5 aromatic rings. The van der Waals surface area contributed by atoms with Crippen LogP contribution in [0.4, 0.5) is 0 Å². The molecule has 0 aliphatic rings. The Hall–Kier alpha value is -2.92. The zero-order chi connectivity index (χ0) is 39.2. The Morgan fingerprint density at radius 1 is 0.364 bits per heavy atom. The van der Waals surface area contributed by atoms with E-state index in [1.165, 1.54) is 125 Å². The Labute approximate surface area is 338 Å². The minimum Gasteiger partial charge on any atom is -0.435 e. The molecule has 3 aromatic heterocycles. The number of fused-ring (bicyclic) bond motifs is 2. The third-order valence-electron chi connectivity index (χ3n) is 11.8. The molecule has 5 heteroatoms. The highest BCUT2D eigenvalue weighted by Gasteiger charge is 2.27. The van der Waals surface area contributed by atoms with E-state index in [0.29, 0.717) is 0 Å². The van der Waals surface area contributed by atoms with Crippen LogP contribution in [0.15, 0.2) is 21.0 Å². The fourth-order valence-electron chi connectivity index (χ4n) is 8.63. The summed E-state index contributed by atoms with van der Waals surface area (Å²) in [5.41, 5.74) is 16.5. The second-order valence-corrected chi connectivity index (χ2v) is 17.3. The lowest BCUT2D eigenvalue weighted by molar-refractivity contribution is 0.611. The second-order valence-electron chi connectivity index (χ2n) is 16.2. The first-order valence-corrected chi connectivity index (χ1v) is 23.8. The molecule has 55 heavy (non-hydrogen) atoms. The molecule has 0 amide bonds. The molecule has 0 unspecified atom stereocenters. The van der Waals surface area contributed by atoms with Gasteiger partial charge in [0.05, 0.1) is 9.75 Å². The van der Waals surface area contributed by atoms with Gasteiger partial charge in [-0.3, -0.25) is 0 Å². The summed E-state index contributed by atoms with van der Waals surface area (Å²) in [5, 5.41) is 0. The summed E-state index contributed by atoms with van der Waals surface area (Å²) in [4.78, 5) is 12.9. The van der Waals surface area contributed by atoms with Gasteiger partial charge in [0.1, 0.15) is 11.0 Å². The van der Waals surface area contributed by atoms with E-state index in [2.05, 4.69) is 67.5 Å². The van der Waals surface area contributed by atoms with E-state index in [9.17, 15) is 0 Å². The molecule has 0 saturated carbocycles. The summed E-state index contributed by atoms with van der Waals surface area (Å²) in [6, 6.07) is 4.39. The van der Waals surface area contributed by atoms with E-state index in [4.69, 9.17) is 18.8 Å². The Balaban J connectivity index is 1.68. The minimum absolute atomic E-state index is 0.753. The van der Waals surface area contributed by atoms with Crippen molar-refractivity contribution in [1.29, 1.82) is 0 Å². The van der Waals surface area contributed by atoms with Gasteiger partial charge in [-0.2, -0.15) is 0 Å². The normalized spacial score (nSPS) is 11.9. The molecule has 5 rings (SSSR count). The molecule has 3 heterocycles. The maximum Gasteiger partial charge on any atom is 0.237 e. The molecule has 0 aliphatic heterocycles. The van der Waals surface area contributed by atoms with Crippen LogP contribution in [0, 0.1) is 0 Å². The van der Waals surface area contributed by atoms with E-state index in [-0.39, 0.29) is 0 Å². The van der Waals surface area contributed by atoms with Crippen molar-refractivity contribution >= 4 is 33.5 Å². The summed E-state index contributed by atoms with van der Waals surface area (Å²) < 4.78 is 13.9. The fourth-order valence-corrected chi connectivity index (χ4v) is 9.49. The number of rotatable bonds is 26. The standard InChI is InChI=1S/C50H74N2O2S/c1-9-17-25-35-37(27-19-11-3)41(31-23-15-7)47-45(39(35)29-21-13-5)51-49(53-47)43-33-34-44(55-43)50-52-46-40(30-22-14-6)36(26-18-10-2)38(28-20-12-4)42(32-24-16-8)48(46)54-50/h33-34H,9-32H2,1-8H3. The lowest BCUT2D eigenvalue weighted by atomic mass is 9.85. The molecular formula is C50H74N2O2S. The smallest absolute Gasteiger partial charge is 0.237 e. The van der Waals surface area contributed by atoms with Crippen LogP contribution in [0.5, 0.6) is 0 Å². The highest BCUT2D eigenvalue weighted by Crippen LogP contribution is 2.42. The predicted octanol–water partition coefficient (Wildman–Crippen LogP) is 16.1. The van der Waals surface area contributed by atoms with Gasteiger partial charge in [-0.15, -0.1) is 11.3 Å². The van der Waals surface area contributed by atoms with Crippen LogP contribution in [0.2, 0.25) is 0 Å². The van der Waals surface area contributed by atoms with Gasteiger partial charge in [-0.25, -0.2) is 9.97 Å². The number of unbranched alkanes of at least 4 members (excludes halogenated alkanes) is 8. The van der Waals surface area contributed by atoms with E-state index in [0.717, 1.165) is 95.1 Å². The first-order chi connectivity index (χ1) is 27.0. The molecule has 2 aromatic carbocycles. The largest absolute Gasteiger partial charge is 0.435 e. The van der Waals surface area contributed by atoms with E-state index in [1.54, 1.807) is 33.6 Å². The Kier molecular flexibility index (Phi) is 17.4. The van der Waals surface area contributed by atoms with Gasteiger partial charge < -0.3 is 8.83 Å². The van der Waals surface area contributed by atoms with Crippen molar-refractivity contribution in [2.75, 3.05) is 0 Å². The van der Waals surface area contributed by atoms with Gasteiger partial charge >= 0.3 is 0 Å². The Morgan fingerprint density at radius 2 is 0.618 bits per heavy atom. The number of aromatic nitrogens is 2. The zero-order valence-electron chi connectivity index (χ0n) is 36.2. The molecule has 0 N–H and O–H groups in total. The van der Waals surface area contributed by atoms with Gasteiger partial charge in [0.25, 0.3) is 0 Å². The molecule has 0 aliphatic carbocycles. The topological polar surface area (TPSA) is 52.1 Å². The van der Waals surface area contributed by atoms with Gasteiger partial charge in [-0.1, -0.05) is 107 Å². The quantitative estimate of drug-likeness (QED) is 0.0562. The van der Waals surface area contributed by atoms with Crippen LogP contribution in [0.1, 0.15) is 203 Å². The van der Waals surface area contributed by atoms with E-state index >= 15 is 0 Å². The van der Waals surface area contributed by atoms with Crippen LogP contribution in [-0.4, -0.2) is 9.97 Å². The highest BCUT2D eigenvalue weighted by molar-refractivity contribution is 7.18. The van der Waals surface area contributed by atoms with Crippen LogP contribution in [0.25, 0.3) is 43.7 Å². The van der Waals surface area contributed by atoms with Crippen molar-refractivity contribution in [3.63, 3.8) is 0 Å². The molecule has 0 spiro atoms. The zero-order valence-corrected chi connectivity index (χ0v) is 37.1. The van der Waals surface area contributed by atoms with Gasteiger partial charge in [-0.05, 0) is 148 Å². The summed E-state index contributed by atoms with van der Waals surface area (Å²) >= 11 is 1.72. The first kappa shape index (κ1) is 43.2. The van der Waals surface area contributed by atoms with Crippen LogP contribution < -0.4 is 0 Å². The minimum atomic E-state index is 0.753. The number of benzene rings is 2. The summed E-state index contributed by atoms with van der Waals surface area (Å²) in [6.45, 7) is 18.5. The monoisotopic (exact) mass is 767 g/mol. The average molecular weight is 767 g/mol. The fraction of sp³-hybridized carbons (Fsp3) is 0.640. The molecule has 302 valence electrons. The van der Waals surface area contributed by atoms with Crippen molar-refractivity contribution in [3.05, 3.63) is 56.6 Å². The molecule has 0 bridgehead atoms. The molecule has 0 fully saturated rings. The van der Waals surface area contributed by atoms with Gasteiger partial charge in [0.2, 0.25) is 11.8 Å². The van der Waals surface area contributed by atoms with Gasteiger partial charge in [0.15, 0.2) is 11.2 Å². The van der Waals surface area contributed by atoms with Crippen LogP contribution in [0.3, 0.4) is 0 Å². The maximum absolute atomic E-state index is 6.97. The van der Waals surface area contributed by atoms with Crippen molar-refractivity contribution in [1.82, 2.24) is 9.97 Å². The second kappa shape index (κ2) is 22.1. The van der Waals surface area contributed by atoms with Crippen LogP contribution in [-0.2, 0) is 51.4 Å². The van der Waals surface area contributed by atoms with Crippen molar-refractivity contribution in [2.45, 2.75) is 209 Å². The number of thiophene rings is 1. The van der Waals surface area contributed by atoms with Crippen molar-refractivity contribution < 1.29 is 8.83 Å². The average Bonchev–Trinajstić information content (AvgIpc) is 3.97. The number of aryl methyl sites for hydroxylation is 4. The molecule has 4 nitrogen and oxygen atoms in total. The predicted molar refractivity (Wildman–Crippen MR) is 239 cm³/mol. The lowest BCUT2D eigenvalue weighted by Crippen LogP contribution is -2.08. The molecular weight excluding hydrogens is 693 g/mol. The molecule has 0 saturated heterocycles. The van der Waals surface area contributed by atoms with Gasteiger partial charge in [0, 0.05) is 11.1 Å². The van der Waals surface area contributed by atoms with Crippen molar-refractivity contribution in [3.8, 4) is 21.5 Å². The third kappa shape index (κ3) is 10.2. The SMILES string of the molecule is CCCCc1c(CCCC)c(CCCC)c2oc(-c3ccc(-c4nc5c(CCCC)c(CCCC)c(CCCC)c(CCCC)c5o4)s3)nc2c1CCCC.